The number of rotatable bonds is 5. The van der Waals surface area contributed by atoms with E-state index in [1.54, 1.807) is 22.9 Å². The molecule has 0 spiro atoms. The summed E-state index contributed by atoms with van der Waals surface area (Å²) < 4.78 is 1.71. The van der Waals surface area contributed by atoms with Crippen molar-refractivity contribution < 1.29 is 14.7 Å². The number of hydrogen-bond donors (Lipinski definition) is 1. The zero-order valence-corrected chi connectivity index (χ0v) is 15.4. The number of carboxylic acids is 1. The summed E-state index contributed by atoms with van der Waals surface area (Å²) in [4.78, 5) is 25.6. The lowest BCUT2D eigenvalue weighted by atomic mass is 10.2. The zero-order valence-electron chi connectivity index (χ0n) is 13.9. The number of fused-ring (bicyclic) bond motifs is 1. The molecule has 1 N–H and O–H groups in total. The van der Waals surface area contributed by atoms with Crippen LogP contribution < -0.4 is 0 Å². The maximum Gasteiger partial charge on any atom is 0.323 e. The van der Waals surface area contributed by atoms with Crippen molar-refractivity contribution in [2.75, 3.05) is 6.54 Å². The van der Waals surface area contributed by atoms with E-state index in [-0.39, 0.29) is 18.5 Å². The first kappa shape index (κ1) is 17.4. The molecule has 4 rings (SSSR count). The Morgan fingerprint density at radius 2 is 2.04 bits per heavy atom. The van der Waals surface area contributed by atoms with Crippen molar-refractivity contribution in [1.82, 2.24) is 14.7 Å². The van der Waals surface area contributed by atoms with Gasteiger partial charge in [0, 0.05) is 22.3 Å². The van der Waals surface area contributed by atoms with Gasteiger partial charge in [0.05, 0.1) is 10.7 Å². The van der Waals surface area contributed by atoms with Crippen molar-refractivity contribution in [3.63, 3.8) is 0 Å². The summed E-state index contributed by atoms with van der Waals surface area (Å²) in [6.45, 7) is -0.299. The maximum absolute atomic E-state index is 13.0. The second-order valence-electron chi connectivity index (χ2n) is 6.69. The number of nitrogens with zero attached hydrogens (tertiary/aromatic N) is 3. The molecule has 8 heteroatoms. The number of carbonyl (C=O) groups excluding carboxylic acids is 1. The van der Waals surface area contributed by atoms with Crippen LogP contribution in [-0.4, -0.2) is 44.3 Å². The highest BCUT2D eigenvalue weighted by Gasteiger charge is 2.38. The van der Waals surface area contributed by atoms with Gasteiger partial charge in [-0.05, 0) is 50.3 Å². The Balaban J connectivity index is 1.76. The fourth-order valence-electron chi connectivity index (χ4n) is 3.50. The summed E-state index contributed by atoms with van der Waals surface area (Å²) in [5.41, 5.74) is 2.88. The quantitative estimate of drug-likeness (QED) is 0.844. The third-order valence-electron chi connectivity index (χ3n) is 4.82. The number of hydrogen-bond acceptors (Lipinski definition) is 3. The zero-order chi connectivity index (χ0) is 18.4. The molecule has 6 nitrogen and oxygen atoms in total. The molecule has 0 aliphatic heterocycles. The Morgan fingerprint density at radius 1 is 1.27 bits per heavy atom. The monoisotopic (exact) mass is 393 g/mol. The number of benzene rings is 1. The smallest absolute Gasteiger partial charge is 0.323 e. The van der Waals surface area contributed by atoms with Gasteiger partial charge >= 0.3 is 5.97 Å². The van der Waals surface area contributed by atoms with Gasteiger partial charge in [-0.2, -0.15) is 5.10 Å². The Bertz CT molecular complexity index is 905. The lowest BCUT2D eigenvalue weighted by molar-refractivity contribution is -0.137. The summed E-state index contributed by atoms with van der Waals surface area (Å²) in [7, 11) is 0. The molecule has 1 aromatic carbocycles. The molecule has 0 radical (unpaired) electrons. The van der Waals surface area contributed by atoms with E-state index in [2.05, 4.69) is 5.10 Å². The molecule has 1 fully saturated rings. The van der Waals surface area contributed by atoms with Gasteiger partial charge in [0.25, 0.3) is 5.91 Å². The molecule has 1 amide bonds. The average molecular weight is 394 g/mol. The molecule has 2 aromatic rings. The molecule has 0 unspecified atom stereocenters. The van der Waals surface area contributed by atoms with Gasteiger partial charge in [0.15, 0.2) is 5.69 Å². The van der Waals surface area contributed by atoms with E-state index in [1.165, 1.54) is 4.90 Å². The van der Waals surface area contributed by atoms with E-state index in [0.717, 1.165) is 43.4 Å². The standard InChI is InChI=1S/C18H17Cl2N3O3/c19-10-4-7-15(13(20)8-10)23-14-3-1-2-12(14)17(21-23)18(26)22(9-16(24)25)11-5-6-11/h4,7-8,11H,1-3,5-6,9H2,(H,24,25). The summed E-state index contributed by atoms with van der Waals surface area (Å²) in [5, 5.41) is 14.7. The SMILES string of the molecule is O=C(O)CN(C(=O)c1nn(-c2ccc(Cl)cc2Cl)c2c1CCC2)C1CC1. The van der Waals surface area contributed by atoms with Crippen LogP contribution in [-0.2, 0) is 17.6 Å². The molecule has 2 aliphatic rings. The van der Waals surface area contributed by atoms with E-state index in [4.69, 9.17) is 28.3 Å². The summed E-state index contributed by atoms with van der Waals surface area (Å²) in [6.07, 6.45) is 4.17. The van der Waals surface area contributed by atoms with Crippen molar-refractivity contribution in [1.29, 1.82) is 0 Å². The minimum atomic E-state index is -1.01. The molecule has 0 saturated heterocycles. The van der Waals surface area contributed by atoms with Gasteiger partial charge in [0.2, 0.25) is 0 Å². The maximum atomic E-state index is 13.0. The van der Waals surface area contributed by atoms with E-state index in [0.29, 0.717) is 21.4 Å². The highest BCUT2D eigenvalue weighted by molar-refractivity contribution is 6.35. The van der Waals surface area contributed by atoms with Gasteiger partial charge in [-0.25, -0.2) is 4.68 Å². The minimum absolute atomic E-state index is 0.0000714. The largest absolute Gasteiger partial charge is 0.480 e. The fraction of sp³-hybridized carbons (Fsp3) is 0.389. The molecule has 136 valence electrons. The minimum Gasteiger partial charge on any atom is -0.480 e. The summed E-state index contributed by atoms with van der Waals surface area (Å²) in [5.74, 6) is -1.32. The van der Waals surface area contributed by atoms with Crippen molar-refractivity contribution in [3.8, 4) is 5.69 Å². The first-order chi connectivity index (χ1) is 12.5. The van der Waals surface area contributed by atoms with Crippen LogP contribution in [0.4, 0.5) is 0 Å². The van der Waals surface area contributed by atoms with Gasteiger partial charge < -0.3 is 10.0 Å². The number of carboxylic acid groups (broad SMARTS) is 1. The number of halogens is 2. The van der Waals surface area contributed by atoms with E-state index >= 15 is 0 Å². The molecule has 2 aliphatic carbocycles. The summed E-state index contributed by atoms with van der Waals surface area (Å²) in [6, 6.07) is 5.15. The molecule has 1 aromatic heterocycles. The third kappa shape index (κ3) is 3.08. The number of aliphatic carboxylic acids is 1. The number of carbonyl (C=O) groups is 2. The number of aromatic nitrogens is 2. The predicted molar refractivity (Wildman–Crippen MR) is 97.3 cm³/mol. The first-order valence-electron chi connectivity index (χ1n) is 8.54. The predicted octanol–water partition coefficient (Wildman–Crippen LogP) is 3.36. The van der Waals surface area contributed by atoms with Crippen LogP contribution in [0.5, 0.6) is 0 Å². The molecular formula is C18H17Cl2N3O3. The highest BCUT2D eigenvalue weighted by atomic mass is 35.5. The lowest BCUT2D eigenvalue weighted by Crippen LogP contribution is -2.38. The van der Waals surface area contributed by atoms with Gasteiger partial charge in [-0.3, -0.25) is 9.59 Å². The topological polar surface area (TPSA) is 75.4 Å². The van der Waals surface area contributed by atoms with Crippen LogP contribution in [0.3, 0.4) is 0 Å². The van der Waals surface area contributed by atoms with E-state index in [9.17, 15) is 9.59 Å². The van der Waals surface area contributed by atoms with Crippen LogP contribution >= 0.6 is 23.2 Å². The van der Waals surface area contributed by atoms with Crippen molar-refractivity contribution in [2.24, 2.45) is 0 Å². The Morgan fingerprint density at radius 3 is 2.69 bits per heavy atom. The highest BCUT2D eigenvalue weighted by Crippen LogP contribution is 2.34. The molecule has 1 heterocycles. The second kappa shape index (κ2) is 6.59. The van der Waals surface area contributed by atoms with Crippen LogP contribution in [0, 0.1) is 0 Å². The van der Waals surface area contributed by atoms with Gasteiger partial charge in [-0.15, -0.1) is 0 Å². The lowest BCUT2D eigenvalue weighted by Gasteiger charge is -2.19. The van der Waals surface area contributed by atoms with Crippen LogP contribution in [0.25, 0.3) is 5.69 Å². The molecular weight excluding hydrogens is 377 g/mol. The number of amides is 1. The normalized spacial score (nSPS) is 15.8. The fourth-order valence-corrected chi connectivity index (χ4v) is 3.98. The van der Waals surface area contributed by atoms with E-state index < -0.39 is 5.97 Å². The Hall–Kier alpha value is -2.05. The van der Waals surface area contributed by atoms with Crippen LogP contribution in [0.1, 0.15) is 41.0 Å². The van der Waals surface area contributed by atoms with Crippen LogP contribution in [0.15, 0.2) is 18.2 Å². The summed E-state index contributed by atoms with van der Waals surface area (Å²) >= 11 is 12.3. The molecule has 0 bridgehead atoms. The van der Waals surface area contributed by atoms with Crippen molar-refractivity contribution in [3.05, 3.63) is 45.2 Å². The van der Waals surface area contributed by atoms with Crippen molar-refractivity contribution >= 4 is 35.1 Å². The molecule has 1 saturated carbocycles. The van der Waals surface area contributed by atoms with Crippen molar-refractivity contribution in [2.45, 2.75) is 38.1 Å². The Kier molecular flexibility index (Phi) is 4.40. The van der Waals surface area contributed by atoms with Gasteiger partial charge in [-0.1, -0.05) is 23.2 Å². The Labute approximate surface area is 160 Å². The van der Waals surface area contributed by atoms with Gasteiger partial charge in [0.1, 0.15) is 6.54 Å². The first-order valence-corrected chi connectivity index (χ1v) is 9.30. The third-order valence-corrected chi connectivity index (χ3v) is 5.36. The van der Waals surface area contributed by atoms with E-state index in [1.807, 2.05) is 0 Å². The molecule has 0 atom stereocenters. The van der Waals surface area contributed by atoms with Crippen LogP contribution in [0.2, 0.25) is 10.0 Å². The average Bonchev–Trinajstić information content (AvgIpc) is 3.19. The second-order valence-corrected chi connectivity index (χ2v) is 7.54. The molecule has 26 heavy (non-hydrogen) atoms.